The molecule has 0 aliphatic carbocycles. The average Bonchev–Trinajstić information content (AvgIpc) is 3.26. The van der Waals surface area contributed by atoms with Crippen molar-refractivity contribution in [3.05, 3.63) is 18.6 Å². The van der Waals surface area contributed by atoms with Gasteiger partial charge in [0.25, 0.3) is 0 Å². The molecule has 124 valence electrons. The minimum Gasteiger partial charge on any atom is -0.351 e. The van der Waals surface area contributed by atoms with Crippen molar-refractivity contribution in [2.24, 2.45) is 0 Å². The van der Waals surface area contributed by atoms with Gasteiger partial charge in [-0.2, -0.15) is 5.26 Å². The number of nitriles is 1. The van der Waals surface area contributed by atoms with E-state index in [0.29, 0.717) is 0 Å². The second-order valence-electron chi connectivity index (χ2n) is 6.83. The van der Waals surface area contributed by atoms with Crippen LogP contribution in [0.2, 0.25) is 0 Å². The van der Waals surface area contributed by atoms with Crippen LogP contribution in [0.25, 0.3) is 11.0 Å². The quantitative estimate of drug-likeness (QED) is 0.910. The Morgan fingerprint density at radius 3 is 3.25 bits per heavy atom. The summed E-state index contributed by atoms with van der Waals surface area (Å²) in [6.45, 7) is 3.70. The molecule has 0 aromatic carbocycles. The summed E-state index contributed by atoms with van der Waals surface area (Å²) in [5, 5.41) is 9.89. The first-order chi connectivity index (χ1) is 11.6. The fourth-order valence-corrected chi connectivity index (χ4v) is 4.44. The van der Waals surface area contributed by atoms with E-state index >= 15 is 0 Å². The monoisotopic (exact) mass is 324 g/mol. The Bertz CT molecular complexity index is 824. The van der Waals surface area contributed by atoms with E-state index in [1.165, 1.54) is 0 Å². The maximum Gasteiger partial charge on any atom is 0.237 e. The van der Waals surface area contributed by atoms with Crippen molar-refractivity contribution in [2.75, 3.05) is 18.0 Å². The van der Waals surface area contributed by atoms with E-state index in [0.717, 1.165) is 49.2 Å². The molecule has 2 aromatic rings. The Hall–Kier alpha value is -2.62. The molecule has 2 fully saturated rings. The molecule has 7 heteroatoms. The Balaban J connectivity index is 1.68. The van der Waals surface area contributed by atoms with Crippen molar-refractivity contribution in [2.45, 2.75) is 44.2 Å². The van der Waals surface area contributed by atoms with Gasteiger partial charge in [0.2, 0.25) is 5.91 Å². The van der Waals surface area contributed by atoms with Crippen LogP contribution >= 0.6 is 0 Å². The van der Waals surface area contributed by atoms with Crippen molar-refractivity contribution in [3.8, 4) is 6.07 Å². The summed E-state index contributed by atoms with van der Waals surface area (Å²) in [4.78, 5) is 28.5. The molecule has 24 heavy (non-hydrogen) atoms. The average molecular weight is 324 g/mol. The first-order valence-electron chi connectivity index (χ1n) is 8.37. The van der Waals surface area contributed by atoms with Gasteiger partial charge in [-0.15, -0.1) is 0 Å². The van der Waals surface area contributed by atoms with Crippen LogP contribution in [0.5, 0.6) is 0 Å². The summed E-state index contributed by atoms with van der Waals surface area (Å²) < 4.78 is 0. The third-order valence-corrected chi connectivity index (χ3v) is 5.40. The van der Waals surface area contributed by atoms with Crippen LogP contribution in [0.15, 0.2) is 18.6 Å². The molecule has 1 spiro atoms. The van der Waals surface area contributed by atoms with Gasteiger partial charge in [-0.05, 0) is 32.3 Å². The van der Waals surface area contributed by atoms with Crippen molar-refractivity contribution in [3.63, 3.8) is 0 Å². The van der Waals surface area contributed by atoms with E-state index in [2.05, 4.69) is 26.8 Å². The number of nitrogens with zero attached hydrogens (tertiary/aromatic N) is 5. The lowest BCUT2D eigenvalue weighted by Crippen LogP contribution is -2.49. The van der Waals surface area contributed by atoms with Crippen LogP contribution in [-0.2, 0) is 4.79 Å². The minimum absolute atomic E-state index is 0.0360. The molecule has 4 heterocycles. The van der Waals surface area contributed by atoms with Gasteiger partial charge in [-0.1, -0.05) is 0 Å². The lowest BCUT2D eigenvalue weighted by molar-refractivity contribution is -0.133. The molecule has 2 aliphatic heterocycles. The first kappa shape index (κ1) is 14.9. The third-order valence-electron chi connectivity index (χ3n) is 5.40. The smallest absolute Gasteiger partial charge is 0.237 e. The van der Waals surface area contributed by atoms with E-state index in [4.69, 9.17) is 5.26 Å². The van der Waals surface area contributed by atoms with Crippen LogP contribution in [0.1, 0.15) is 32.6 Å². The molecule has 0 saturated carbocycles. The molecule has 1 amide bonds. The van der Waals surface area contributed by atoms with Gasteiger partial charge in [-0.25, -0.2) is 9.97 Å². The zero-order chi connectivity index (χ0) is 16.7. The Morgan fingerprint density at radius 2 is 2.42 bits per heavy atom. The van der Waals surface area contributed by atoms with Crippen LogP contribution in [0.4, 0.5) is 5.82 Å². The Morgan fingerprint density at radius 1 is 1.54 bits per heavy atom. The highest BCUT2D eigenvalue weighted by Gasteiger charge is 2.51. The molecule has 2 atom stereocenters. The van der Waals surface area contributed by atoms with Crippen molar-refractivity contribution < 1.29 is 4.79 Å². The number of H-pyrrole nitrogens is 1. The van der Waals surface area contributed by atoms with Crippen LogP contribution in [0.3, 0.4) is 0 Å². The van der Waals surface area contributed by atoms with E-state index < -0.39 is 0 Å². The van der Waals surface area contributed by atoms with Gasteiger partial charge in [-0.3, -0.25) is 4.79 Å². The number of carbonyl (C=O) groups excluding carboxylic acids is 1. The summed E-state index contributed by atoms with van der Waals surface area (Å²) in [6.07, 6.45) is 6.33. The summed E-state index contributed by atoms with van der Waals surface area (Å²) in [5.41, 5.74) is 0.665. The van der Waals surface area contributed by atoms with Crippen molar-refractivity contribution >= 4 is 22.8 Å². The normalized spacial score (nSPS) is 26.4. The maximum absolute atomic E-state index is 12.4. The van der Waals surface area contributed by atoms with Gasteiger partial charge in [0, 0.05) is 25.3 Å². The molecule has 2 saturated heterocycles. The summed E-state index contributed by atoms with van der Waals surface area (Å²) in [7, 11) is 0. The largest absolute Gasteiger partial charge is 0.351 e. The standard InChI is InChI=1S/C17H20N6O/c1-12-9-17(5-2-8-23(17)14(24)3-6-18)10-22(12)16-13-4-7-19-15(13)20-11-21-16/h4,7,11-12H,2-3,5,8-10H2,1H3,(H,19,20,21). The Labute approximate surface area is 140 Å². The molecule has 4 rings (SSSR count). The second kappa shape index (κ2) is 5.48. The van der Waals surface area contributed by atoms with Crippen molar-refractivity contribution in [1.29, 1.82) is 5.26 Å². The topological polar surface area (TPSA) is 88.9 Å². The highest BCUT2D eigenvalue weighted by atomic mass is 16.2. The fraction of sp³-hybridized carbons (Fsp3) is 0.529. The van der Waals surface area contributed by atoms with Gasteiger partial charge < -0.3 is 14.8 Å². The molecular formula is C17H20N6O. The zero-order valence-corrected chi connectivity index (χ0v) is 13.7. The number of nitrogens with one attached hydrogen (secondary N) is 1. The number of hydrogen-bond donors (Lipinski definition) is 1. The van der Waals surface area contributed by atoms with Crippen LogP contribution in [0, 0.1) is 11.3 Å². The number of amides is 1. The minimum atomic E-state index is -0.166. The predicted octanol–water partition coefficient (Wildman–Crippen LogP) is 1.83. The van der Waals surface area contributed by atoms with Gasteiger partial charge >= 0.3 is 0 Å². The Kier molecular flexibility index (Phi) is 3.41. The van der Waals surface area contributed by atoms with E-state index in [1.54, 1.807) is 6.33 Å². The third kappa shape index (κ3) is 2.13. The van der Waals surface area contributed by atoms with E-state index in [1.807, 2.05) is 23.2 Å². The molecule has 0 radical (unpaired) electrons. The van der Waals surface area contributed by atoms with Crippen LogP contribution in [-0.4, -0.2) is 50.4 Å². The maximum atomic E-state index is 12.4. The second-order valence-corrected chi connectivity index (χ2v) is 6.83. The predicted molar refractivity (Wildman–Crippen MR) is 89.2 cm³/mol. The number of rotatable bonds is 2. The summed E-state index contributed by atoms with van der Waals surface area (Å²) in [6, 6.07) is 4.28. The number of likely N-dealkylation sites (tertiary alicyclic amines) is 1. The number of carbonyl (C=O) groups is 1. The molecule has 7 nitrogen and oxygen atoms in total. The first-order valence-corrected chi connectivity index (χ1v) is 8.37. The number of aromatic nitrogens is 3. The SMILES string of the molecule is CC1CC2(CCCN2C(=O)CC#N)CN1c1ncnc2[nH]ccc12. The number of aromatic amines is 1. The van der Waals surface area contributed by atoms with E-state index in [-0.39, 0.29) is 23.9 Å². The van der Waals surface area contributed by atoms with Gasteiger partial charge in [0.1, 0.15) is 24.2 Å². The lowest BCUT2D eigenvalue weighted by Gasteiger charge is -2.34. The lowest BCUT2D eigenvalue weighted by atomic mass is 9.93. The number of fused-ring (bicyclic) bond motifs is 1. The van der Waals surface area contributed by atoms with Gasteiger partial charge in [0.05, 0.1) is 17.0 Å². The van der Waals surface area contributed by atoms with Gasteiger partial charge in [0.15, 0.2) is 0 Å². The highest BCUT2D eigenvalue weighted by molar-refractivity contribution is 5.88. The summed E-state index contributed by atoms with van der Waals surface area (Å²) in [5.74, 6) is 0.878. The summed E-state index contributed by atoms with van der Waals surface area (Å²) >= 11 is 0. The number of anilines is 1. The van der Waals surface area contributed by atoms with Crippen LogP contribution < -0.4 is 4.90 Å². The molecule has 2 aromatic heterocycles. The highest BCUT2D eigenvalue weighted by Crippen LogP contribution is 2.43. The zero-order valence-electron chi connectivity index (χ0n) is 13.7. The fourth-order valence-electron chi connectivity index (χ4n) is 4.44. The number of hydrogen-bond acceptors (Lipinski definition) is 5. The molecule has 1 N–H and O–H groups in total. The van der Waals surface area contributed by atoms with Crippen molar-refractivity contribution in [1.82, 2.24) is 19.9 Å². The van der Waals surface area contributed by atoms with E-state index in [9.17, 15) is 4.79 Å². The molecule has 2 aliphatic rings. The molecular weight excluding hydrogens is 304 g/mol. The molecule has 2 unspecified atom stereocenters. The molecule has 0 bridgehead atoms.